The fraction of sp³-hybridized carbons (Fsp3) is 0.214. The van der Waals surface area contributed by atoms with Gasteiger partial charge in [0, 0.05) is 18.9 Å². The highest BCUT2D eigenvalue weighted by Gasteiger charge is 2.17. The Labute approximate surface area is 106 Å². The second-order valence-corrected chi connectivity index (χ2v) is 4.36. The minimum atomic E-state index is 0.703. The van der Waals surface area contributed by atoms with Crippen molar-refractivity contribution in [3.63, 3.8) is 0 Å². The topological polar surface area (TPSA) is 51.4 Å². The van der Waals surface area contributed by atoms with Gasteiger partial charge in [-0.25, -0.2) is 0 Å². The largest absolute Gasteiger partial charge is 0.490 e. The maximum Gasteiger partial charge on any atom is 0.142 e. The van der Waals surface area contributed by atoms with Crippen molar-refractivity contribution in [2.24, 2.45) is 0 Å². The lowest BCUT2D eigenvalue weighted by molar-refractivity contribution is 0.307. The van der Waals surface area contributed by atoms with Gasteiger partial charge in [0.1, 0.15) is 12.4 Å². The van der Waals surface area contributed by atoms with Gasteiger partial charge in [0.05, 0.1) is 17.9 Å². The fourth-order valence-electron chi connectivity index (χ4n) is 2.21. The van der Waals surface area contributed by atoms with Crippen LogP contribution in [0, 0.1) is 0 Å². The van der Waals surface area contributed by atoms with E-state index in [2.05, 4.69) is 16.0 Å². The van der Waals surface area contributed by atoms with Crippen LogP contribution >= 0.6 is 0 Å². The molecule has 1 aromatic heterocycles. The molecule has 4 nitrogen and oxygen atoms in total. The van der Waals surface area contributed by atoms with E-state index in [0.717, 1.165) is 30.1 Å². The van der Waals surface area contributed by atoms with Crippen LogP contribution in [0.4, 0.5) is 11.4 Å². The average molecular weight is 241 g/mol. The number of anilines is 2. The summed E-state index contributed by atoms with van der Waals surface area (Å²) in [5.41, 5.74) is 8.70. The second-order valence-electron chi connectivity index (χ2n) is 4.36. The van der Waals surface area contributed by atoms with Crippen LogP contribution in [0.1, 0.15) is 5.56 Å². The van der Waals surface area contributed by atoms with E-state index >= 15 is 0 Å². The summed E-state index contributed by atoms with van der Waals surface area (Å²) in [4.78, 5) is 6.41. The first kappa shape index (κ1) is 10.9. The Kier molecular flexibility index (Phi) is 2.76. The van der Waals surface area contributed by atoms with Gasteiger partial charge in [0.25, 0.3) is 0 Å². The number of nitrogens with two attached hydrogens (primary N) is 1. The van der Waals surface area contributed by atoms with E-state index in [9.17, 15) is 0 Å². The van der Waals surface area contributed by atoms with Crippen LogP contribution in [-0.2, 0) is 6.54 Å². The standard InChI is InChI=1S/C14H15N3O/c15-12-7-11(8-16-9-12)10-17-5-6-18-14-4-2-1-3-13(14)17/h1-4,7-9H,5-6,10,15H2. The molecule has 18 heavy (non-hydrogen) atoms. The first-order valence-electron chi connectivity index (χ1n) is 5.99. The summed E-state index contributed by atoms with van der Waals surface area (Å²) in [5.74, 6) is 0.945. The molecule has 2 heterocycles. The Bertz CT molecular complexity index is 556. The number of hydrogen-bond acceptors (Lipinski definition) is 4. The zero-order valence-corrected chi connectivity index (χ0v) is 10.0. The number of nitrogen functional groups attached to an aromatic ring is 1. The van der Waals surface area contributed by atoms with Crippen molar-refractivity contribution in [1.82, 2.24) is 4.98 Å². The van der Waals surface area contributed by atoms with Gasteiger partial charge in [-0.1, -0.05) is 12.1 Å². The summed E-state index contributed by atoms with van der Waals surface area (Å²) in [6.45, 7) is 2.40. The van der Waals surface area contributed by atoms with Gasteiger partial charge < -0.3 is 15.4 Å². The number of rotatable bonds is 2. The molecule has 0 saturated carbocycles. The quantitative estimate of drug-likeness (QED) is 0.874. The Morgan fingerprint density at radius 3 is 3.06 bits per heavy atom. The molecule has 1 aliphatic heterocycles. The molecule has 92 valence electrons. The summed E-state index contributed by atoms with van der Waals surface area (Å²) in [6.07, 6.45) is 3.52. The average Bonchev–Trinajstić information content (AvgIpc) is 2.39. The minimum Gasteiger partial charge on any atom is -0.490 e. The van der Waals surface area contributed by atoms with E-state index in [1.54, 1.807) is 6.20 Å². The molecule has 0 spiro atoms. The predicted octanol–water partition coefficient (Wildman–Crippen LogP) is 2.06. The molecular formula is C14H15N3O. The van der Waals surface area contributed by atoms with Crippen molar-refractivity contribution in [3.05, 3.63) is 48.3 Å². The number of nitrogens with zero attached hydrogens (tertiary/aromatic N) is 2. The smallest absolute Gasteiger partial charge is 0.142 e. The lowest BCUT2D eigenvalue weighted by Crippen LogP contribution is -2.32. The number of aromatic nitrogens is 1. The molecule has 0 bridgehead atoms. The number of pyridine rings is 1. The van der Waals surface area contributed by atoms with Crippen molar-refractivity contribution in [2.75, 3.05) is 23.8 Å². The molecule has 4 heteroatoms. The summed E-state index contributed by atoms with van der Waals surface area (Å²) in [5, 5.41) is 0. The SMILES string of the molecule is Nc1cncc(CN2CCOc3ccccc32)c1. The molecule has 1 aromatic carbocycles. The molecule has 0 radical (unpaired) electrons. The Morgan fingerprint density at radius 2 is 2.17 bits per heavy atom. The molecule has 0 fully saturated rings. The lowest BCUT2D eigenvalue weighted by Gasteiger charge is -2.31. The van der Waals surface area contributed by atoms with Crippen molar-refractivity contribution in [1.29, 1.82) is 0 Å². The maximum absolute atomic E-state index is 5.75. The van der Waals surface area contributed by atoms with Gasteiger partial charge in [-0.05, 0) is 23.8 Å². The summed E-state index contributed by atoms with van der Waals surface area (Å²) >= 11 is 0. The van der Waals surface area contributed by atoms with Gasteiger partial charge in [0.2, 0.25) is 0 Å². The molecule has 0 amide bonds. The number of benzene rings is 1. The second kappa shape index (κ2) is 4.56. The monoisotopic (exact) mass is 241 g/mol. The number of para-hydroxylation sites is 2. The van der Waals surface area contributed by atoms with Gasteiger partial charge >= 0.3 is 0 Å². The molecule has 2 N–H and O–H groups in total. The van der Waals surface area contributed by atoms with Gasteiger partial charge in [0.15, 0.2) is 0 Å². The number of fused-ring (bicyclic) bond motifs is 1. The fourth-order valence-corrected chi connectivity index (χ4v) is 2.21. The molecule has 0 aliphatic carbocycles. The maximum atomic E-state index is 5.75. The van der Waals surface area contributed by atoms with Crippen molar-refractivity contribution < 1.29 is 4.74 Å². The highest BCUT2D eigenvalue weighted by atomic mass is 16.5. The summed E-state index contributed by atoms with van der Waals surface area (Å²) in [6, 6.07) is 10.1. The van der Waals surface area contributed by atoms with E-state index in [0.29, 0.717) is 12.3 Å². The van der Waals surface area contributed by atoms with Gasteiger partial charge in [-0.3, -0.25) is 4.98 Å². The zero-order chi connectivity index (χ0) is 12.4. The van der Waals surface area contributed by atoms with Crippen molar-refractivity contribution >= 4 is 11.4 Å². The third-order valence-corrected chi connectivity index (χ3v) is 3.01. The van der Waals surface area contributed by atoms with Crippen LogP contribution in [0.15, 0.2) is 42.7 Å². The van der Waals surface area contributed by atoms with E-state index in [-0.39, 0.29) is 0 Å². The minimum absolute atomic E-state index is 0.703. The van der Waals surface area contributed by atoms with Crippen LogP contribution in [0.3, 0.4) is 0 Å². The van der Waals surface area contributed by atoms with Crippen LogP contribution < -0.4 is 15.4 Å². The molecule has 2 aromatic rings. The number of ether oxygens (including phenoxy) is 1. The molecule has 0 saturated heterocycles. The van der Waals surface area contributed by atoms with E-state index < -0.39 is 0 Å². The Balaban J connectivity index is 1.86. The third kappa shape index (κ3) is 2.09. The predicted molar refractivity (Wildman–Crippen MR) is 71.6 cm³/mol. The van der Waals surface area contributed by atoms with Crippen LogP contribution in [0.5, 0.6) is 5.75 Å². The summed E-state index contributed by atoms with van der Waals surface area (Å²) < 4.78 is 5.63. The van der Waals surface area contributed by atoms with E-state index in [4.69, 9.17) is 10.5 Å². The highest BCUT2D eigenvalue weighted by molar-refractivity contribution is 5.60. The normalized spacial score (nSPS) is 13.9. The van der Waals surface area contributed by atoms with Crippen LogP contribution in [-0.4, -0.2) is 18.1 Å². The third-order valence-electron chi connectivity index (χ3n) is 3.01. The van der Waals surface area contributed by atoms with Crippen molar-refractivity contribution in [3.8, 4) is 5.75 Å². The van der Waals surface area contributed by atoms with Crippen LogP contribution in [0.25, 0.3) is 0 Å². The highest BCUT2D eigenvalue weighted by Crippen LogP contribution is 2.31. The van der Waals surface area contributed by atoms with E-state index in [1.165, 1.54) is 0 Å². The van der Waals surface area contributed by atoms with Crippen molar-refractivity contribution in [2.45, 2.75) is 6.54 Å². The first-order chi connectivity index (χ1) is 8.83. The molecule has 0 atom stereocenters. The van der Waals surface area contributed by atoms with E-state index in [1.807, 2.05) is 30.5 Å². The molecular weight excluding hydrogens is 226 g/mol. The molecule has 0 unspecified atom stereocenters. The van der Waals surface area contributed by atoms with Gasteiger partial charge in [-0.2, -0.15) is 0 Å². The Morgan fingerprint density at radius 1 is 1.28 bits per heavy atom. The molecule has 1 aliphatic rings. The molecule has 3 rings (SSSR count). The number of hydrogen-bond donors (Lipinski definition) is 1. The lowest BCUT2D eigenvalue weighted by atomic mass is 10.2. The zero-order valence-electron chi connectivity index (χ0n) is 10.0. The van der Waals surface area contributed by atoms with Gasteiger partial charge in [-0.15, -0.1) is 0 Å². The summed E-state index contributed by atoms with van der Waals surface area (Å²) in [7, 11) is 0. The first-order valence-corrected chi connectivity index (χ1v) is 5.99. The Hall–Kier alpha value is -2.23. The van der Waals surface area contributed by atoms with Crippen LogP contribution in [0.2, 0.25) is 0 Å².